The van der Waals surface area contributed by atoms with Gasteiger partial charge in [-0.3, -0.25) is 4.79 Å². The van der Waals surface area contributed by atoms with Crippen LogP contribution < -0.4 is 5.73 Å². The molecule has 2 rings (SSSR count). The van der Waals surface area contributed by atoms with Crippen molar-refractivity contribution in [3.8, 4) is 0 Å². The Kier molecular flexibility index (Phi) is 4.19. The van der Waals surface area contributed by atoms with Crippen LogP contribution in [-0.4, -0.2) is 16.9 Å². The number of carbonyl (C=O) groups excluding carboxylic acids is 1. The molecule has 0 amide bonds. The first kappa shape index (κ1) is 14.9. The number of hydrogen-bond acceptors (Lipinski definition) is 3. The Morgan fingerprint density at radius 2 is 1.67 bits per heavy atom. The first-order valence-corrected chi connectivity index (χ1v) is 6.71. The molecule has 4 heteroatoms. The summed E-state index contributed by atoms with van der Waals surface area (Å²) >= 11 is 0. The van der Waals surface area contributed by atoms with Crippen LogP contribution >= 0.6 is 0 Å². The number of carboxylic acids is 1. The van der Waals surface area contributed by atoms with E-state index in [1.165, 1.54) is 0 Å². The second kappa shape index (κ2) is 5.89. The number of aliphatic carboxylic acids is 1. The van der Waals surface area contributed by atoms with Crippen molar-refractivity contribution < 1.29 is 14.7 Å². The minimum Gasteiger partial charge on any atom is -0.480 e. The molecule has 0 saturated carbocycles. The van der Waals surface area contributed by atoms with E-state index in [9.17, 15) is 14.7 Å². The fourth-order valence-electron chi connectivity index (χ4n) is 2.17. The van der Waals surface area contributed by atoms with E-state index in [1.54, 1.807) is 55.5 Å². The second-order valence-corrected chi connectivity index (χ2v) is 4.91. The van der Waals surface area contributed by atoms with Crippen molar-refractivity contribution >= 4 is 11.8 Å². The van der Waals surface area contributed by atoms with Crippen LogP contribution in [0.1, 0.15) is 34.8 Å². The first-order chi connectivity index (χ1) is 9.99. The summed E-state index contributed by atoms with van der Waals surface area (Å²) in [5, 5.41) is 9.32. The third kappa shape index (κ3) is 2.85. The molecule has 1 atom stereocenters. The third-order valence-corrected chi connectivity index (χ3v) is 3.62. The van der Waals surface area contributed by atoms with Crippen molar-refractivity contribution in [3.05, 3.63) is 71.3 Å². The molecule has 108 valence electrons. The molecule has 0 bridgehead atoms. The molecule has 3 N–H and O–H groups in total. The highest BCUT2D eigenvalue weighted by Crippen LogP contribution is 2.24. The highest BCUT2D eigenvalue weighted by molar-refractivity contribution is 6.09. The largest absolute Gasteiger partial charge is 0.480 e. The molecular weight excluding hydrogens is 266 g/mol. The van der Waals surface area contributed by atoms with Gasteiger partial charge >= 0.3 is 5.97 Å². The lowest BCUT2D eigenvalue weighted by molar-refractivity contribution is -0.143. The summed E-state index contributed by atoms with van der Waals surface area (Å²) in [7, 11) is 0. The quantitative estimate of drug-likeness (QED) is 0.826. The van der Waals surface area contributed by atoms with E-state index in [4.69, 9.17) is 5.73 Å². The van der Waals surface area contributed by atoms with Crippen LogP contribution in [0.15, 0.2) is 54.6 Å². The molecule has 0 saturated heterocycles. The maximum Gasteiger partial charge on any atom is 0.328 e. The van der Waals surface area contributed by atoms with E-state index in [1.807, 2.05) is 6.07 Å². The van der Waals surface area contributed by atoms with Crippen LogP contribution in [0, 0.1) is 0 Å². The zero-order valence-electron chi connectivity index (χ0n) is 11.7. The molecule has 0 fully saturated rings. The smallest absolute Gasteiger partial charge is 0.328 e. The summed E-state index contributed by atoms with van der Waals surface area (Å²) in [6, 6.07) is 15.4. The van der Waals surface area contributed by atoms with Gasteiger partial charge in [-0.1, -0.05) is 55.5 Å². The predicted molar refractivity (Wildman–Crippen MR) is 80.1 cm³/mol. The molecule has 2 aromatic carbocycles. The van der Waals surface area contributed by atoms with Gasteiger partial charge in [-0.05, 0) is 18.1 Å². The summed E-state index contributed by atoms with van der Waals surface area (Å²) < 4.78 is 0. The molecule has 1 unspecified atom stereocenters. The van der Waals surface area contributed by atoms with Gasteiger partial charge in [-0.2, -0.15) is 0 Å². The lowest BCUT2D eigenvalue weighted by atomic mass is 9.86. The van der Waals surface area contributed by atoms with Crippen LogP contribution in [0.2, 0.25) is 0 Å². The van der Waals surface area contributed by atoms with Gasteiger partial charge in [-0.15, -0.1) is 0 Å². The maximum absolute atomic E-state index is 12.4. The van der Waals surface area contributed by atoms with E-state index in [-0.39, 0.29) is 12.2 Å². The number of rotatable bonds is 5. The van der Waals surface area contributed by atoms with Gasteiger partial charge < -0.3 is 10.8 Å². The van der Waals surface area contributed by atoms with Gasteiger partial charge in [0.1, 0.15) is 5.54 Å². The van der Waals surface area contributed by atoms with E-state index in [2.05, 4.69) is 0 Å². The molecule has 0 radical (unpaired) electrons. The van der Waals surface area contributed by atoms with Crippen LogP contribution in [0.5, 0.6) is 0 Å². The fraction of sp³-hybridized carbons (Fsp3) is 0.176. The van der Waals surface area contributed by atoms with Gasteiger partial charge in [0.2, 0.25) is 0 Å². The van der Waals surface area contributed by atoms with Crippen molar-refractivity contribution in [2.75, 3.05) is 0 Å². The Morgan fingerprint density at radius 1 is 1.05 bits per heavy atom. The summed E-state index contributed by atoms with van der Waals surface area (Å²) in [6.45, 7) is 1.71. The molecule has 0 aliphatic heterocycles. The fourth-order valence-corrected chi connectivity index (χ4v) is 2.17. The molecule has 0 spiro atoms. The highest BCUT2D eigenvalue weighted by atomic mass is 16.4. The summed E-state index contributed by atoms with van der Waals surface area (Å²) in [5.74, 6) is -1.25. The summed E-state index contributed by atoms with van der Waals surface area (Å²) in [6.07, 6.45) is 0.241. The van der Waals surface area contributed by atoms with Crippen molar-refractivity contribution in [3.63, 3.8) is 0 Å². The zero-order chi connectivity index (χ0) is 15.5. The monoisotopic (exact) mass is 283 g/mol. The van der Waals surface area contributed by atoms with Crippen molar-refractivity contribution in [2.24, 2.45) is 5.73 Å². The Morgan fingerprint density at radius 3 is 2.24 bits per heavy atom. The molecule has 0 aliphatic rings. The van der Waals surface area contributed by atoms with Crippen LogP contribution in [0.4, 0.5) is 0 Å². The van der Waals surface area contributed by atoms with Gasteiger partial charge in [0.25, 0.3) is 0 Å². The number of carboxylic acid groups (broad SMARTS) is 1. The number of nitrogens with two attached hydrogens (primary N) is 1. The van der Waals surface area contributed by atoms with Crippen molar-refractivity contribution in [1.29, 1.82) is 0 Å². The minimum atomic E-state index is -1.48. The maximum atomic E-state index is 12.4. The summed E-state index contributed by atoms with van der Waals surface area (Å²) in [4.78, 5) is 23.8. The molecule has 21 heavy (non-hydrogen) atoms. The number of ketones is 1. The van der Waals surface area contributed by atoms with E-state index in [0.29, 0.717) is 16.7 Å². The predicted octanol–water partition coefficient (Wildman–Crippen LogP) is 2.57. The third-order valence-electron chi connectivity index (χ3n) is 3.62. The topological polar surface area (TPSA) is 80.4 Å². The molecule has 2 aromatic rings. The lowest BCUT2D eigenvalue weighted by Crippen LogP contribution is -2.44. The Balaban J connectivity index is 2.43. The average Bonchev–Trinajstić information content (AvgIpc) is 2.54. The molecule has 0 aliphatic carbocycles. The Hall–Kier alpha value is -2.46. The van der Waals surface area contributed by atoms with E-state index in [0.717, 1.165) is 0 Å². The van der Waals surface area contributed by atoms with Gasteiger partial charge in [0, 0.05) is 11.1 Å². The molecule has 0 aromatic heterocycles. The van der Waals surface area contributed by atoms with Gasteiger partial charge in [-0.25, -0.2) is 4.79 Å². The zero-order valence-corrected chi connectivity index (χ0v) is 11.7. The van der Waals surface area contributed by atoms with E-state index < -0.39 is 11.5 Å². The Bertz CT molecular complexity index is 667. The highest BCUT2D eigenvalue weighted by Gasteiger charge is 2.34. The molecular formula is C17H17NO3. The normalized spacial score (nSPS) is 13.4. The number of hydrogen-bond donors (Lipinski definition) is 2. The molecule has 0 heterocycles. The minimum absolute atomic E-state index is 0.152. The van der Waals surface area contributed by atoms with Gasteiger partial charge in [0.05, 0.1) is 0 Å². The average molecular weight is 283 g/mol. The van der Waals surface area contributed by atoms with Gasteiger partial charge in [0.15, 0.2) is 5.78 Å². The van der Waals surface area contributed by atoms with Crippen LogP contribution in [0.3, 0.4) is 0 Å². The first-order valence-electron chi connectivity index (χ1n) is 6.71. The summed E-state index contributed by atoms with van der Waals surface area (Å²) in [5.41, 5.74) is 5.90. The molecule has 4 nitrogen and oxygen atoms in total. The SMILES string of the molecule is CCC(N)(C(=O)O)c1cccc(C(=O)c2ccccc2)c1. The Labute approximate surface area is 123 Å². The number of carbonyl (C=O) groups is 2. The van der Waals surface area contributed by atoms with Crippen LogP contribution in [-0.2, 0) is 10.3 Å². The van der Waals surface area contributed by atoms with E-state index >= 15 is 0 Å². The number of benzene rings is 2. The second-order valence-electron chi connectivity index (χ2n) is 4.91. The standard InChI is InChI=1S/C17H17NO3/c1-2-17(18,16(20)21)14-10-6-9-13(11-14)15(19)12-7-4-3-5-8-12/h3-11H,2,18H2,1H3,(H,20,21). The van der Waals surface area contributed by atoms with Crippen molar-refractivity contribution in [2.45, 2.75) is 18.9 Å². The van der Waals surface area contributed by atoms with Crippen LogP contribution in [0.25, 0.3) is 0 Å². The lowest BCUT2D eigenvalue weighted by Gasteiger charge is -2.23. The van der Waals surface area contributed by atoms with Crippen molar-refractivity contribution in [1.82, 2.24) is 0 Å².